The summed E-state index contributed by atoms with van der Waals surface area (Å²) in [4.78, 5) is 4.47. The van der Waals surface area contributed by atoms with Crippen LogP contribution in [0.1, 0.15) is 18.1 Å². The zero-order valence-electron chi connectivity index (χ0n) is 9.23. The van der Waals surface area contributed by atoms with Gasteiger partial charge in [-0.25, -0.2) is 4.99 Å². The van der Waals surface area contributed by atoms with Crippen molar-refractivity contribution in [1.29, 1.82) is 0 Å². The molecule has 2 radical (unpaired) electrons. The van der Waals surface area contributed by atoms with E-state index in [4.69, 9.17) is 18.3 Å². The number of nitrogens with two attached hydrogens (primary N) is 1. The first-order valence-corrected chi connectivity index (χ1v) is 5.49. The first-order chi connectivity index (χ1) is 7.61. The summed E-state index contributed by atoms with van der Waals surface area (Å²) in [6.45, 7) is 2.02. The summed E-state index contributed by atoms with van der Waals surface area (Å²) in [6.07, 6.45) is 1.73. The van der Waals surface area contributed by atoms with E-state index in [1.165, 1.54) is 11.1 Å². The Hall–Kier alpha value is -1.45. The zero-order valence-corrected chi connectivity index (χ0v) is 9.23. The first kappa shape index (κ1) is 9.76. The van der Waals surface area contributed by atoms with Crippen LogP contribution in [0.4, 0.5) is 0 Å². The second-order valence-electron chi connectivity index (χ2n) is 4.65. The summed E-state index contributed by atoms with van der Waals surface area (Å²) in [7, 11) is 5.98. The molecule has 2 N–H and O–H groups in total. The van der Waals surface area contributed by atoms with Crippen molar-refractivity contribution in [3.8, 4) is 0 Å². The number of benzene rings is 1. The molecule has 16 heavy (non-hydrogen) atoms. The van der Waals surface area contributed by atoms with Crippen LogP contribution in [-0.2, 0) is 17.6 Å². The number of aliphatic imine (C=N–C) groups is 1. The zero-order chi connectivity index (χ0) is 11.3. The minimum Gasteiger partial charge on any atom is -0.460 e. The van der Waals surface area contributed by atoms with E-state index in [-0.39, 0.29) is 11.6 Å². The molecular formula is C12H13BN2O. The second-order valence-corrected chi connectivity index (χ2v) is 4.65. The Kier molecular flexibility index (Phi) is 1.85. The lowest BCUT2D eigenvalue weighted by Crippen LogP contribution is -2.37. The van der Waals surface area contributed by atoms with Gasteiger partial charge in [0, 0.05) is 12.8 Å². The molecule has 1 aromatic carbocycles. The van der Waals surface area contributed by atoms with Gasteiger partial charge >= 0.3 is 0 Å². The number of amidine groups is 1. The summed E-state index contributed by atoms with van der Waals surface area (Å²) >= 11 is 0. The summed E-state index contributed by atoms with van der Waals surface area (Å²) in [5, 5.41) is 0. The fraction of sp³-hybridized carbons (Fsp3) is 0.417. The Morgan fingerprint density at radius 2 is 2.31 bits per heavy atom. The molecule has 3 rings (SSSR count). The van der Waals surface area contributed by atoms with E-state index >= 15 is 0 Å². The molecular weight excluding hydrogens is 199 g/mol. The molecule has 0 amide bonds. The molecule has 1 aromatic rings. The molecule has 0 saturated heterocycles. The highest BCUT2D eigenvalue weighted by atomic mass is 16.5. The Morgan fingerprint density at radius 3 is 2.94 bits per heavy atom. The Morgan fingerprint density at radius 1 is 1.50 bits per heavy atom. The molecule has 3 nitrogen and oxygen atoms in total. The van der Waals surface area contributed by atoms with Crippen molar-refractivity contribution in [2.24, 2.45) is 10.7 Å². The van der Waals surface area contributed by atoms with E-state index in [1.807, 2.05) is 19.1 Å². The van der Waals surface area contributed by atoms with Gasteiger partial charge in [-0.05, 0) is 18.1 Å². The summed E-state index contributed by atoms with van der Waals surface area (Å²) < 4.78 is 5.46. The maximum atomic E-state index is 5.98. The van der Waals surface area contributed by atoms with Crippen molar-refractivity contribution < 1.29 is 4.74 Å². The molecule has 0 saturated carbocycles. The van der Waals surface area contributed by atoms with E-state index in [9.17, 15) is 0 Å². The lowest BCUT2D eigenvalue weighted by molar-refractivity contribution is 0.157. The Labute approximate surface area is 96.1 Å². The van der Waals surface area contributed by atoms with Crippen molar-refractivity contribution in [3.05, 3.63) is 29.3 Å². The molecule has 1 heterocycles. The summed E-state index contributed by atoms with van der Waals surface area (Å²) in [5.41, 5.74) is 8.76. The molecule has 80 valence electrons. The fourth-order valence-corrected chi connectivity index (χ4v) is 2.73. The normalized spacial score (nSPS) is 31.3. The third-order valence-corrected chi connectivity index (χ3v) is 3.68. The van der Waals surface area contributed by atoms with E-state index in [0.717, 1.165) is 18.3 Å². The van der Waals surface area contributed by atoms with Crippen LogP contribution in [0.15, 0.2) is 23.2 Å². The average Bonchev–Trinajstić information content (AvgIpc) is 2.70. The standard InChI is InChI=1S/C12H13BN2O/c1-7-12(15-11(14)16-7)5-8-3-2-4-10(13)9(8)6-12/h2-4,7H,5-6H2,1H3,(H2,14,15)/t7-,12-/m1/s1. The second kappa shape index (κ2) is 3.03. The Bertz CT molecular complexity index is 486. The van der Waals surface area contributed by atoms with Gasteiger partial charge in [0.2, 0.25) is 0 Å². The van der Waals surface area contributed by atoms with Gasteiger partial charge in [0.15, 0.2) is 0 Å². The summed E-state index contributed by atoms with van der Waals surface area (Å²) in [6, 6.07) is 6.34. The molecule has 2 aliphatic rings. The minimum absolute atomic E-state index is 0.0271. The Balaban J connectivity index is 2.05. The van der Waals surface area contributed by atoms with Crippen LogP contribution < -0.4 is 11.2 Å². The third-order valence-electron chi connectivity index (χ3n) is 3.68. The smallest absolute Gasteiger partial charge is 0.282 e. The molecule has 0 aromatic heterocycles. The van der Waals surface area contributed by atoms with Crippen molar-refractivity contribution in [2.45, 2.75) is 31.4 Å². The fourth-order valence-electron chi connectivity index (χ4n) is 2.73. The molecule has 0 bridgehead atoms. The van der Waals surface area contributed by atoms with Crippen molar-refractivity contribution >= 4 is 19.3 Å². The maximum absolute atomic E-state index is 5.98. The van der Waals surface area contributed by atoms with Gasteiger partial charge in [-0.2, -0.15) is 0 Å². The van der Waals surface area contributed by atoms with Gasteiger partial charge in [0.1, 0.15) is 19.5 Å². The number of hydrogen-bond donors (Lipinski definition) is 1. The predicted molar refractivity (Wildman–Crippen MR) is 64.1 cm³/mol. The molecule has 1 aliphatic heterocycles. The molecule has 0 fully saturated rings. The van der Waals surface area contributed by atoms with Crippen LogP contribution in [-0.4, -0.2) is 25.5 Å². The van der Waals surface area contributed by atoms with Crippen LogP contribution in [0, 0.1) is 0 Å². The van der Waals surface area contributed by atoms with Crippen LogP contribution in [0.3, 0.4) is 0 Å². The molecule has 2 atom stereocenters. The highest BCUT2D eigenvalue weighted by molar-refractivity contribution is 6.33. The molecule has 4 heteroatoms. The quantitative estimate of drug-likeness (QED) is 0.617. The lowest BCUT2D eigenvalue weighted by Gasteiger charge is -2.23. The van der Waals surface area contributed by atoms with Gasteiger partial charge in [-0.15, -0.1) is 0 Å². The van der Waals surface area contributed by atoms with Crippen LogP contribution in [0.5, 0.6) is 0 Å². The van der Waals surface area contributed by atoms with Crippen molar-refractivity contribution in [2.75, 3.05) is 0 Å². The van der Waals surface area contributed by atoms with Crippen LogP contribution in [0.2, 0.25) is 0 Å². The van der Waals surface area contributed by atoms with Gasteiger partial charge in [0.05, 0.1) is 0 Å². The number of fused-ring (bicyclic) bond motifs is 1. The van der Waals surface area contributed by atoms with Crippen molar-refractivity contribution in [1.82, 2.24) is 0 Å². The maximum Gasteiger partial charge on any atom is 0.282 e. The monoisotopic (exact) mass is 212 g/mol. The third kappa shape index (κ3) is 1.19. The predicted octanol–water partition coefficient (Wildman–Crippen LogP) is 0.0512. The lowest BCUT2D eigenvalue weighted by atomic mass is 9.86. The molecule has 1 aliphatic carbocycles. The van der Waals surface area contributed by atoms with Gasteiger partial charge in [-0.1, -0.05) is 23.7 Å². The first-order valence-electron chi connectivity index (χ1n) is 5.49. The van der Waals surface area contributed by atoms with Gasteiger partial charge in [-0.3, -0.25) is 0 Å². The highest BCUT2D eigenvalue weighted by Gasteiger charge is 2.47. The SMILES string of the molecule is [B]c1cccc2c1C[C@@]1(C2)N=C(N)O[C@@H]1C. The molecule has 1 spiro atoms. The van der Waals surface area contributed by atoms with E-state index in [2.05, 4.69) is 11.1 Å². The number of ether oxygens (including phenoxy) is 1. The number of hydrogen-bond acceptors (Lipinski definition) is 3. The summed E-state index contributed by atoms with van der Waals surface area (Å²) in [5.74, 6) is 0. The molecule has 0 unspecified atom stereocenters. The minimum atomic E-state index is -0.220. The number of nitrogens with zero attached hydrogens (tertiary/aromatic N) is 1. The van der Waals surface area contributed by atoms with Crippen LogP contribution >= 0.6 is 0 Å². The van der Waals surface area contributed by atoms with Gasteiger partial charge < -0.3 is 10.5 Å². The van der Waals surface area contributed by atoms with Crippen LogP contribution in [0.25, 0.3) is 0 Å². The van der Waals surface area contributed by atoms with Gasteiger partial charge in [0.25, 0.3) is 6.02 Å². The van der Waals surface area contributed by atoms with E-state index in [0.29, 0.717) is 6.02 Å². The highest BCUT2D eigenvalue weighted by Crippen LogP contribution is 2.38. The average molecular weight is 212 g/mol. The topological polar surface area (TPSA) is 47.6 Å². The van der Waals surface area contributed by atoms with Crippen molar-refractivity contribution in [3.63, 3.8) is 0 Å². The largest absolute Gasteiger partial charge is 0.460 e. The van der Waals surface area contributed by atoms with E-state index < -0.39 is 0 Å². The van der Waals surface area contributed by atoms with E-state index in [1.54, 1.807) is 0 Å². The number of rotatable bonds is 0.